The van der Waals surface area contributed by atoms with Gasteiger partial charge in [-0.25, -0.2) is 0 Å². The molecule has 2 N–H and O–H groups in total. The zero-order valence-corrected chi connectivity index (χ0v) is 13.5. The first-order valence-corrected chi connectivity index (χ1v) is 7.91. The van der Waals surface area contributed by atoms with Crippen LogP contribution in [0.4, 0.5) is 5.69 Å². The molecule has 1 atom stereocenters. The van der Waals surface area contributed by atoms with Gasteiger partial charge in [0.2, 0.25) is 11.8 Å². The molecule has 1 aliphatic heterocycles. The van der Waals surface area contributed by atoms with Crippen LogP contribution in [0.15, 0.2) is 41.9 Å². The minimum Gasteiger partial charge on any atom is -0.326 e. The molecule has 1 saturated heterocycles. The van der Waals surface area contributed by atoms with Crippen LogP contribution in [0.2, 0.25) is 0 Å². The molecule has 0 radical (unpaired) electrons. The first-order chi connectivity index (χ1) is 11.0. The molecule has 1 aromatic rings. The second kappa shape index (κ2) is 7.73. The van der Waals surface area contributed by atoms with Gasteiger partial charge in [0, 0.05) is 17.7 Å². The predicted molar refractivity (Wildman–Crippen MR) is 91.7 cm³/mol. The van der Waals surface area contributed by atoms with Gasteiger partial charge >= 0.3 is 0 Å². The summed E-state index contributed by atoms with van der Waals surface area (Å²) < 4.78 is 0. The zero-order valence-electron chi connectivity index (χ0n) is 12.7. The number of nitrogens with one attached hydrogen (secondary N) is 2. The van der Waals surface area contributed by atoms with Crippen LogP contribution in [0.25, 0.3) is 0 Å². The van der Waals surface area contributed by atoms with Crippen LogP contribution in [-0.2, 0) is 9.59 Å². The molecule has 0 bridgehead atoms. The molecule has 120 valence electrons. The summed E-state index contributed by atoms with van der Waals surface area (Å²) in [6, 6.07) is 6.69. The van der Waals surface area contributed by atoms with E-state index in [0.29, 0.717) is 23.0 Å². The number of rotatable bonds is 6. The van der Waals surface area contributed by atoms with Gasteiger partial charge in [0.1, 0.15) is 5.25 Å². The van der Waals surface area contributed by atoms with Gasteiger partial charge in [-0.1, -0.05) is 30.0 Å². The van der Waals surface area contributed by atoms with E-state index in [1.807, 2.05) is 0 Å². The van der Waals surface area contributed by atoms with Gasteiger partial charge < -0.3 is 10.6 Å². The van der Waals surface area contributed by atoms with E-state index in [9.17, 15) is 14.4 Å². The summed E-state index contributed by atoms with van der Waals surface area (Å²) in [5.41, 5.74) is 1.06. The van der Waals surface area contributed by atoms with Gasteiger partial charge in [-0.15, -0.1) is 6.58 Å². The summed E-state index contributed by atoms with van der Waals surface area (Å²) in [7, 11) is 0. The third-order valence-corrected chi connectivity index (χ3v) is 4.18. The van der Waals surface area contributed by atoms with Crippen molar-refractivity contribution in [2.24, 2.45) is 4.99 Å². The number of aliphatic imine (C=N–C) groups is 1. The number of nitrogens with zero attached hydrogens (tertiary/aromatic N) is 1. The van der Waals surface area contributed by atoms with Gasteiger partial charge in [0.15, 0.2) is 11.0 Å². The number of amidine groups is 1. The van der Waals surface area contributed by atoms with Crippen LogP contribution in [0.3, 0.4) is 0 Å². The number of thioether (sulfide) groups is 1. The van der Waals surface area contributed by atoms with E-state index in [1.165, 1.54) is 18.7 Å². The Kier molecular flexibility index (Phi) is 5.70. The number of benzene rings is 1. The van der Waals surface area contributed by atoms with Crippen molar-refractivity contribution in [3.05, 3.63) is 42.5 Å². The minimum absolute atomic E-state index is 0.0356. The summed E-state index contributed by atoms with van der Waals surface area (Å²) in [5, 5.41) is 5.34. The smallest absolute Gasteiger partial charge is 0.240 e. The molecule has 7 heteroatoms. The van der Waals surface area contributed by atoms with Crippen LogP contribution in [0.5, 0.6) is 0 Å². The molecule has 1 fully saturated rings. The molecule has 2 amide bonds. The average molecular weight is 331 g/mol. The highest BCUT2D eigenvalue weighted by molar-refractivity contribution is 8.15. The number of Topliss-reactive ketones (excluding diaryl/α,β-unsaturated/α-hetero) is 1. The van der Waals surface area contributed by atoms with E-state index in [0.717, 1.165) is 0 Å². The van der Waals surface area contributed by atoms with Gasteiger partial charge in [0.05, 0.1) is 6.54 Å². The standard InChI is InChI=1S/C16H17N3O3S/c1-3-7-17-16-19-15(22)13(23-16)9-14(21)18-12-6-4-5-11(8-12)10(2)20/h3-6,8,13H,1,7,9H2,2H3,(H,18,21)(H,17,19,22)/t13-/m0/s1. The van der Waals surface area contributed by atoms with E-state index in [4.69, 9.17) is 0 Å². The van der Waals surface area contributed by atoms with Crippen molar-refractivity contribution in [1.29, 1.82) is 0 Å². The molecule has 1 heterocycles. The Balaban J connectivity index is 1.95. The number of hydrogen-bond acceptors (Lipinski definition) is 5. The monoisotopic (exact) mass is 331 g/mol. The van der Waals surface area contributed by atoms with Gasteiger partial charge in [-0.3, -0.25) is 19.4 Å². The summed E-state index contributed by atoms with van der Waals surface area (Å²) in [6.45, 7) is 5.44. The lowest BCUT2D eigenvalue weighted by molar-refractivity contribution is -0.122. The second-order valence-corrected chi connectivity index (χ2v) is 6.11. The average Bonchev–Trinajstić information content (AvgIpc) is 2.85. The van der Waals surface area contributed by atoms with E-state index >= 15 is 0 Å². The molecular formula is C16H17N3O3S. The third-order valence-electron chi connectivity index (χ3n) is 3.06. The molecule has 1 aromatic carbocycles. The lowest BCUT2D eigenvalue weighted by Gasteiger charge is -2.08. The third kappa shape index (κ3) is 4.79. The number of anilines is 1. The number of carbonyl (C=O) groups is 3. The highest BCUT2D eigenvalue weighted by Gasteiger charge is 2.31. The topological polar surface area (TPSA) is 87.6 Å². The van der Waals surface area contributed by atoms with Crippen molar-refractivity contribution in [3.63, 3.8) is 0 Å². The fourth-order valence-corrected chi connectivity index (χ4v) is 2.94. The van der Waals surface area contributed by atoms with Crippen molar-refractivity contribution in [3.8, 4) is 0 Å². The SMILES string of the molecule is C=CCN=C1NC(=O)[C@H](CC(=O)Nc2cccc(C(C)=O)c2)S1. The van der Waals surface area contributed by atoms with Crippen LogP contribution in [0.1, 0.15) is 23.7 Å². The van der Waals surface area contributed by atoms with Crippen molar-refractivity contribution in [2.45, 2.75) is 18.6 Å². The number of amides is 2. The zero-order chi connectivity index (χ0) is 16.8. The first-order valence-electron chi connectivity index (χ1n) is 7.03. The summed E-state index contributed by atoms with van der Waals surface area (Å²) in [5.74, 6) is -0.594. The van der Waals surface area contributed by atoms with Gasteiger partial charge in [-0.2, -0.15) is 0 Å². The van der Waals surface area contributed by atoms with Gasteiger partial charge in [-0.05, 0) is 19.1 Å². The Morgan fingerprint density at radius 2 is 2.26 bits per heavy atom. The molecule has 0 aliphatic carbocycles. The maximum Gasteiger partial charge on any atom is 0.240 e. The number of carbonyl (C=O) groups excluding carboxylic acids is 3. The minimum atomic E-state index is -0.505. The van der Waals surface area contributed by atoms with Crippen molar-refractivity contribution >= 4 is 40.2 Å². The molecule has 6 nitrogen and oxygen atoms in total. The summed E-state index contributed by atoms with van der Waals surface area (Å²) >= 11 is 1.23. The Morgan fingerprint density at radius 1 is 1.48 bits per heavy atom. The van der Waals surface area contributed by atoms with Crippen molar-refractivity contribution < 1.29 is 14.4 Å². The van der Waals surface area contributed by atoms with Crippen molar-refractivity contribution in [2.75, 3.05) is 11.9 Å². The van der Waals surface area contributed by atoms with E-state index in [-0.39, 0.29) is 24.0 Å². The fourth-order valence-electron chi connectivity index (χ4n) is 1.96. The van der Waals surface area contributed by atoms with E-state index < -0.39 is 5.25 Å². The molecule has 0 unspecified atom stereocenters. The van der Waals surface area contributed by atoms with Crippen LogP contribution >= 0.6 is 11.8 Å². The maximum absolute atomic E-state index is 12.1. The predicted octanol–water partition coefficient (Wildman–Crippen LogP) is 1.99. The molecular weight excluding hydrogens is 314 g/mol. The first kappa shape index (κ1) is 17.0. The van der Waals surface area contributed by atoms with Gasteiger partial charge in [0.25, 0.3) is 0 Å². The molecule has 1 aliphatic rings. The number of hydrogen-bond donors (Lipinski definition) is 2. The quantitative estimate of drug-likeness (QED) is 0.616. The molecule has 23 heavy (non-hydrogen) atoms. The second-order valence-electron chi connectivity index (χ2n) is 4.92. The highest BCUT2D eigenvalue weighted by atomic mass is 32.2. The van der Waals surface area contributed by atoms with Crippen LogP contribution < -0.4 is 10.6 Å². The summed E-state index contributed by atoms with van der Waals surface area (Å²) in [6.07, 6.45) is 1.66. The lowest BCUT2D eigenvalue weighted by Crippen LogP contribution is -2.28. The normalized spacial score (nSPS) is 18.6. The fraction of sp³-hybridized carbons (Fsp3) is 0.250. The van der Waals surface area contributed by atoms with E-state index in [2.05, 4.69) is 22.2 Å². The Bertz CT molecular complexity index is 685. The van der Waals surface area contributed by atoms with Crippen molar-refractivity contribution in [1.82, 2.24) is 5.32 Å². The largest absolute Gasteiger partial charge is 0.326 e. The molecule has 2 rings (SSSR count). The highest BCUT2D eigenvalue weighted by Crippen LogP contribution is 2.23. The molecule has 0 spiro atoms. The van der Waals surface area contributed by atoms with E-state index in [1.54, 1.807) is 30.3 Å². The Morgan fingerprint density at radius 3 is 2.96 bits per heavy atom. The summed E-state index contributed by atoms with van der Waals surface area (Å²) in [4.78, 5) is 39.3. The van der Waals surface area contributed by atoms with Crippen LogP contribution in [0, 0.1) is 0 Å². The maximum atomic E-state index is 12.1. The Labute approximate surface area is 138 Å². The molecule has 0 saturated carbocycles. The molecule has 0 aromatic heterocycles. The van der Waals surface area contributed by atoms with Crippen LogP contribution in [-0.4, -0.2) is 34.6 Å². The number of ketones is 1. The lowest BCUT2D eigenvalue weighted by atomic mass is 10.1. The Hall–Kier alpha value is -2.41.